The number of alkyl halides is 3. The minimum Gasteiger partial charge on any atom is -0.383 e. The third kappa shape index (κ3) is 4.60. The number of imide groups is 1. The Morgan fingerprint density at radius 3 is 2.39 bits per heavy atom. The summed E-state index contributed by atoms with van der Waals surface area (Å²) in [5, 5.41) is 13.6. The number of fused-ring (bicyclic) bond motifs is 1. The standard InChI is InChI=1S/C25H25F3N4O4/c26-25(27,28)16-3-1-15(2-4-16)13-31-11-9-24(36,10-12-31)20-7-5-17-18(29-20)14-32(23(17)35)19-6-8-21(33)30-22(19)34/h1-5,7,19,36H,6,8-14H2,(H,30,33,34). The zero-order valence-corrected chi connectivity index (χ0v) is 19.3. The number of halogens is 3. The fraction of sp³-hybridized carbons (Fsp3) is 0.440. The summed E-state index contributed by atoms with van der Waals surface area (Å²) in [5.74, 6) is -1.17. The lowest BCUT2D eigenvalue weighted by Gasteiger charge is -2.38. The Morgan fingerprint density at radius 1 is 1.06 bits per heavy atom. The number of nitrogens with one attached hydrogen (secondary N) is 1. The topological polar surface area (TPSA) is 103 Å². The Hall–Kier alpha value is -3.31. The summed E-state index contributed by atoms with van der Waals surface area (Å²) in [5.41, 5.74) is 0.201. The van der Waals surface area contributed by atoms with Crippen LogP contribution >= 0.6 is 0 Å². The molecule has 5 rings (SSSR count). The Balaban J connectivity index is 1.23. The highest BCUT2D eigenvalue weighted by molar-refractivity contribution is 6.05. The van der Waals surface area contributed by atoms with Gasteiger partial charge in [0.05, 0.1) is 29.1 Å². The van der Waals surface area contributed by atoms with Gasteiger partial charge in [0.25, 0.3) is 5.91 Å². The highest BCUT2D eigenvalue weighted by Gasteiger charge is 2.41. The second-order valence-electron chi connectivity index (χ2n) is 9.59. The molecule has 1 atom stereocenters. The molecule has 0 bridgehead atoms. The Labute approximate surface area is 205 Å². The fourth-order valence-corrected chi connectivity index (χ4v) is 5.09. The number of hydrogen-bond acceptors (Lipinski definition) is 6. The Kier molecular flexibility index (Phi) is 6.08. The molecule has 11 heteroatoms. The van der Waals surface area contributed by atoms with E-state index in [-0.39, 0.29) is 31.2 Å². The molecule has 1 aromatic carbocycles. The molecule has 36 heavy (non-hydrogen) atoms. The van der Waals surface area contributed by atoms with Gasteiger partial charge in [-0.15, -0.1) is 0 Å². The number of aromatic nitrogens is 1. The number of likely N-dealkylation sites (tertiary alicyclic amines) is 1. The van der Waals surface area contributed by atoms with E-state index in [1.165, 1.54) is 17.0 Å². The van der Waals surface area contributed by atoms with Gasteiger partial charge in [0.2, 0.25) is 11.8 Å². The van der Waals surface area contributed by atoms with Crippen LogP contribution in [0.25, 0.3) is 0 Å². The first-order valence-electron chi connectivity index (χ1n) is 11.8. The molecule has 8 nitrogen and oxygen atoms in total. The van der Waals surface area contributed by atoms with Gasteiger partial charge in [-0.1, -0.05) is 12.1 Å². The lowest BCUT2D eigenvalue weighted by atomic mass is 9.87. The van der Waals surface area contributed by atoms with Crippen molar-refractivity contribution in [2.45, 2.75) is 56.6 Å². The first kappa shape index (κ1) is 24.4. The summed E-state index contributed by atoms with van der Waals surface area (Å²) in [7, 11) is 0. The van der Waals surface area contributed by atoms with Crippen molar-refractivity contribution in [2.75, 3.05) is 13.1 Å². The zero-order valence-electron chi connectivity index (χ0n) is 19.3. The highest BCUT2D eigenvalue weighted by Crippen LogP contribution is 2.35. The number of carbonyl (C=O) groups is 3. The molecular formula is C25H25F3N4O4. The lowest BCUT2D eigenvalue weighted by molar-refractivity contribution is -0.138. The van der Waals surface area contributed by atoms with Crippen molar-refractivity contribution < 1.29 is 32.7 Å². The molecule has 1 unspecified atom stereocenters. The van der Waals surface area contributed by atoms with Crippen molar-refractivity contribution in [3.63, 3.8) is 0 Å². The quantitative estimate of drug-likeness (QED) is 0.623. The van der Waals surface area contributed by atoms with Crippen LogP contribution in [0.2, 0.25) is 0 Å². The van der Waals surface area contributed by atoms with Gasteiger partial charge in [0, 0.05) is 26.1 Å². The van der Waals surface area contributed by atoms with Crippen LogP contribution in [0, 0.1) is 0 Å². The van der Waals surface area contributed by atoms with Gasteiger partial charge in [-0.3, -0.25) is 29.6 Å². The number of rotatable bonds is 4. The molecule has 190 valence electrons. The number of amides is 3. The Morgan fingerprint density at radius 2 is 1.75 bits per heavy atom. The maximum Gasteiger partial charge on any atom is 0.416 e. The third-order valence-corrected chi connectivity index (χ3v) is 7.22. The van der Waals surface area contributed by atoms with Crippen LogP contribution in [0.4, 0.5) is 13.2 Å². The average molecular weight is 502 g/mol. The first-order valence-corrected chi connectivity index (χ1v) is 11.8. The van der Waals surface area contributed by atoms with Crippen molar-refractivity contribution in [1.82, 2.24) is 20.1 Å². The molecule has 0 spiro atoms. The SMILES string of the molecule is O=C1CCC(N2Cc3nc(C4(O)CCN(Cc5ccc(C(F)(F)F)cc5)CC4)ccc3C2=O)C(=O)N1. The normalized spacial score (nSPS) is 22.5. The summed E-state index contributed by atoms with van der Waals surface area (Å²) in [6.45, 7) is 1.65. The number of carbonyl (C=O) groups excluding carboxylic acids is 3. The smallest absolute Gasteiger partial charge is 0.383 e. The molecular weight excluding hydrogens is 477 g/mol. The minimum atomic E-state index is -4.37. The van der Waals surface area contributed by atoms with Crippen LogP contribution in [0.5, 0.6) is 0 Å². The third-order valence-electron chi connectivity index (χ3n) is 7.22. The summed E-state index contributed by atoms with van der Waals surface area (Å²) < 4.78 is 38.3. The largest absolute Gasteiger partial charge is 0.416 e. The van der Waals surface area contributed by atoms with Crippen molar-refractivity contribution in [3.05, 3.63) is 64.5 Å². The van der Waals surface area contributed by atoms with E-state index in [4.69, 9.17) is 0 Å². The van der Waals surface area contributed by atoms with Crippen molar-refractivity contribution >= 4 is 17.7 Å². The van der Waals surface area contributed by atoms with Crippen LogP contribution in [0.3, 0.4) is 0 Å². The number of nitrogens with zero attached hydrogens (tertiary/aromatic N) is 3. The molecule has 3 amide bonds. The molecule has 0 aliphatic carbocycles. The molecule has 3 aliphatic rings. The molecule has 2 N–H and O–H groups in total. The van der Waals surface area contributed by atoms with E-state index in [9.17, 15) is 32.7 Å². The van der Waals surface area contributed by atoms with E-state index < -0.39 is 29.3 Å². The van der Waals surface area contributed by atoms with Crippen LogP contribution < -0.4 is 5.32 Å². The predicted octanol–water partition coefficient (Wildman–Crippen LogP) is 2.34. The molecule has 1 aromatic heterocycles. The monoisotopic (exact) mass is 502 g/mol. The molecule has 0 radical (unpaired) electrons. The van der Waals surface area contributed by atoms with Gasteiger partial charge >= 0.3 is 6.18 Å². The van der Waals surface area contributed by atoms with E-state index in [2.05, 4.69) is 15.2 Å². The lowest BCUT2D eigenvalue weighted by Crippen LogP contribution is -2.52. The molecule has 0 saturated carbocycles. The van der Waals surface area contributed by atoms with Crippen molar-refractivity contribution in [2.24, 2.45) is 0 Å². The highest BCUT2D eigenvalue weighted by atomic mass is 19.4. The molecule has 3 aliphatic heterocycles. The predicted molar refractivity (Wildman–Crippen MR) is 120 cm³/mol. The van der Waals surface area contributed by atoms with Gasteiger partial charge in [-0.25, -0.2) is 0 Å². The first-order chi connectivity index (χ1) is 17.0. The van der Waals surface area contributed by atoms with Crippen LogP contribution in [0.1, 0.15) is 58.6 Å². The minimum absolute atomic E-state index is 0.129. The number of piperidine rings is 2. The molecule has 2 saturated heterocycles. The van der Waals surface area contributed by atoms with Crippen molar-refractivity contribution in [1.29, 1.82) is 0 Å². The second kappa shape index (κ2) is 8.97. The zero-order chi connectivity index (χ0) is 25.7. The van der Waals surface area contributed by atoms with Gasteiger partial charge in [0.1, 0.15) is 11.6 Å². The van der Waals surface area contributed by atoms with Crippen LogP contribution in [-0.4, -0.2) is 56.7 Å². The summed E-state index contributed by atoms with van der Waals surface area (Å²) in [6.07, 6.45) is -3.19. The average Bonchev–Trinajstić information content (AvgIpc) is 3.16. The van der Waals surface area contributed by atoms with E-state index in [0.29, 0.717) is 49.4 Å². The summed E-state index contributed by atoms with van der Waals surface area (Å²) in [4.78, 5) is 44.6. The van der Waals surface area contributed by atoms with E-state index in [0.717, 1.165) is 17.7 Å². The summed E-state index contributed by atoms with van der Waals surface area (Å²) >= 11 is 0. The maximum absolute atomic E-state index is 12.9. The fourth-order valence-electron chi connectivity index (χ4n) is 5.09. The van der Waals surface area contributed by atoms with E-state index >= 15 is 0 Å². The van der Waals surface area contributed by atoms with E-state index in [1.54, 1.807) is 12.1 Å². The molecule has 2 fully saturated rings. The van der Waals surface area contributed by atoms with Crippen molar-refractivity contribution in [3.8, 4) is 0 Å². The number of pyridine rings is 1. The van der Waals surface area contributed by atoms with Gasteiger partial charge < -0.3 is 10.0 Å². The molecule has 4 heterocycles. The number of hydrogen-bond donors (Lipinski definition) is 2. The van der Waals surface area contributed by atoms with Crippen LogP contribution in [-0.2, 0) is 34.5 Å². The van der Waals surface area contributed by atoms with Gasteiger partial charge in [-0.05, 0) is 49.1 Å². The van der Waals surface area contributed by atoms with Gasteiger partial charge in [0.15, 0.2) is 0 Å². The number of benzene rings is 1. The van der Waals surface area contributed by atoms with E-state index in [1.807, 2.05) is 0 Å². The number of aliphatic hydroxyl groups is 1. The second-order valence-corrected chi connectivity index (χ2v) is 9.59. The summed E-state index contributed by atoms with van der Waals surface area (Å²) in [6, 6.07) is 7.61. The van der Waals surface area contributed by atoms with Crippen LogP contribution in [0.15, 0.2) is 36.4 Å². The van der Waals surface area contributed by atoms with Gasteiger partial charge in [-0.2, -0.15) is 13.2 Å². The maximum atomic E-state index is 12.9. The molecule has 2 aromatic rings. The Bertz CT molecular complexity index is 1210.